The van der Waals surface area contributed by atoms with Crippen molar-refractivity contribution < 1.29 is 27.4 Å². The Morgan fingerprint density at radius 1 is 1.33 bits per heavy atom. The monoisotopic (exact) mass is 388 g/mol. The molecule has 2 rings (SSSR count). The van der Waals surface area contributed by atoms with E-state index in [-0.39, 0.29) is 13.2 Å². The number of carbonyl (C=O) groups excluding carboxylic acids is 1. The van der Waals surface area contributed by atoms with E-state index in [1.165, 1.54) is 0 Å². The van der Waals surface area contributed by atoms with Crippen molar-refractivity contribution in [3.8, 4) is 0 Å². The standard InChI is InChI=1S/C19H27F3N2O3/c1-4-15-13-27-18(19(20,21)22,12-16(15)11-14(2)3)17(25)23-5-6-24-7-9-26-10-8-24/h4,11-12H,5-10,13H2,1-3H3,(H,23,25)/b15-4+. The number of carbonyl (C=O) groups is 1. The fourth-order valence-corrected chi connectivity index (χ4v) is 3.03. The van der Waals surface area contributed by atoms with E-state index < -0.39 is 17.7 Å². The van der Waals surface area contributed by atoms with Gasteiger partial charge >= 0.3 is 6.18 Å². The Morgan fingerprint density at radius 2 is 2.00 bits per heavy atom. The van der Waals surface area contributed by atoms with E-state index in [0.717, 1.165) is 11.6 Å². The van der Waals surface area contributed by atoms with Gasteiger partial charge in [0.15, 0.2) is 0 Å². The van der Waals surface area contributed by atoms with Gasteiger partial charge in [-0.25, -0.2) is 0 Å². The quantitative estimate of drug-likeness (QED) is 0.787. The largest absolute Gasteiger partial charge is 0.430 e. The zero-order valence-corrected chi connectivity index (χ0v) is 16.0. The Kier molecular flexibility index (Phi) is 7.25. The fraction of sp³-hybridized carbons (Fsp3) is 0.632. The molecule has 1 amide bonds. The summed E-state index contributed by atoms with van der Waals surface area (Å²) in [5, 5.41) is 2.40. The lowest BCUT2D eigenvalue weighted by molar-refractivity contribution is -0.249. The number of halogens is 3. The molecule has 0 aromatic heterocycles. The van der Waals surface area contributed by atoms with Crippen LogP contribution in [0.5, 0.6) is 0 Å². The number of nitrogens with one attached hydrogen (secondary N) is 1. The normalized spacial score (nSPS) is 25.9. The summed E-state index contributed by atoms with van der Waals surface area (Å²) < 4.78 is 52.0. The fourth-order valence-electron chi connectivity index (χ4n) is 3.03. The number of alkyl halides is 3. The molecule has 0 aromatic carbocycles. The molecule has 1 N–H and O–H groups in total. The van der Waals surface area contributed by atoms with E-state index in [2.05, 4.69) is 5.32 Å². The number of hydrogen-bond acceptors (Lipinski definition) is 4. The van der Waals surface area contributed by atoms with Crippen molar-refractivity contribution in [2.24, 2.45) is 0 Å². The van der Waals surface area contributed by atoms with Gasteiger partial charge < -0.3 is 14.8 Å². The Hall–Kier alpha value is -1.64. The molecule has 0 saturated carbocycles. The van der Waals surface area contributed by atoms with Crippen molar-refractivity contribution in [1.29, 1.82) is 0 Å². The Balaban J connectivity index is 2.20. The van der Waals surface area contributed by atoms with Crippen LogP contribution in [0.15, 0.2) is 34.9 Å². The molecule has 5 nitrogen and oxygen atoms in total. The lowest BCUT2D eigenvalue weighted by atomic mass is 9.90. The number of amides is 1. The molecule has 0 aliphatic carbocycles. The average Bonchev–Trinajstić information content (AvgIpc) is 2.61. The summed E-state index contributed by atoms with van der Waals surface area (Å²) in [5.74, 6) is -1.18. The third kappa shape index (κ3) is 5.21. The van der Waals surface area contributed by atoms with Gasteiger partial charge in [-0.05, 0) is 38.0 Å². The lowest BCUT2D eigenvalue weighted by Crippen LogP contribution is -2.59. The van der Waals surface area contributed by atoms with Gasteiger partial charge in [0.2, 0.25) is 0 Å². The average molecular weight is 388 g/mol. The predicted octanol–water partition coefficient (Wildman–Crippen LogP) is 2.61. The highest BCUT2D eigenvalue weighted by molar-refractivity contribution is 5.89. The van der Waals surface area contributed by atoms with E-state index >= 15 is 0 Å². The van der Waals surface area contributed by atoms with E-state index in [4.69, 9.17) is 9.47 Å². The van der Waals surface area contributed by atoms with Crippen molar-refractivity contribution >= 4 is 5.91 Å². The molecule has 0 radical (unpaired) electrons. The molecule has 0 aromatic rings. The molecule has 0 bridgehead atoms. The first kappa shape index (κ1) is 21.7. The Labute approximate surface area is 157 Å². The molecule has 27 heavy (non-hydrogen) atoms. The van der Waals surface area contributed by atoms with Crippen molar-refractivity contribution in [2.45, 2.75) is 32.5 Å². The third-order valence-electron chi connectivity index (χ3n) is 4.55. The summed E-state index contributed by atoms with van der Waals surface area (Å²) in [6.07, 6.45) is -0.639. The topological polar surface area (TPSA) is 50.8 Å². The highest BCUT2D eigenvalue weighted by Crippen LogP contribution is 2.40. The smallest absolute Gasteiger partial charge is 0.379 e. The van der Waals surface area contributed by atoms with Crippen LogP contribution < -0.4 is 5.32 Å². The minimum atomic E-state index is -4.87. The van der Waals surface area contributed by atoms with Crippen LogP contribution in [-0.4, -0.2) is 68.6 Å². The van der Waals surface area contributed by atoms with Gasteiger partial charge in [0.1, 0.15) is 0 Å². The van der Waals surface area contributed by atoms with Gasteiger partial charge in [0, 0.05) is 26.2 Å². The van der Waals surface area contributed by atoms with Crippen molar-refractivity contribution in [1.82, 2.24) is 10.2 Å². The minimum Gasteiger partial charge on any atom is -0.379 e. The molecule has 1 saturated heterocycles. The van der Waals surface area contributed by atoms with Crippen LogP contribution in [-0.2, 0) is 14.3 Å². The maximum absolute atomic E-state index is 13.9. The summed E-state index contributed by atoms with van der Waals surface area (Å²) in [6.45, 7) is 8.20. The SMILES string of the molecule is C/C=C1\COC(C(=O)NCCN2CCOCC2)(C(F)(F)F)C=C1C=C(C)C. The summed E-state index contributed by atoms with van der Waals surface area (Å²) in [7, 11) is 0. The van der Waals surface area contributed by atoms with Gasteiger partial charge in [-0.2, -0.15) is 13.2 Å². The van der Waals surface area contributed by atoms with Gasteiger partial charge in [-0.15, -0.1) is 0 Å². The van der Waals surface area contributed by atoms with E-state index in [9.17, 15) is 18.0 Å². The molecule has 1 fully saturated rings. The molecule has 1 atom stereocenters. The van der Waals surface area contributed by atoms with Gasteiger partial charge in [-0.3, -0.25) is 9.69 Å². The first-order valence-corrected chi connectivity index (χ1v) is 9.02. The summed E-state index contributed by atoms with van der Waals surface area (Å²) in [6, 6.07) is 0. The Bertz CT molecular complexity index is 631. The number of morpholine rings is 1. The van der Waals surface area contributed by atoms with Crippen LogP contribution in [0.1, 0.15) is 20.8 Å². The minimum absolute atomic E-state index is 0.113. The molecule has 2 heterocycles. The van der Waals surface area contributed by atoms with E-state index in [0.29, 0.717) is 44.0 Å². The van der Waals surface area contributed by atoms with E-state index in [1.807, 2.05) is 4.90 Å². The summed E-state index contributed by atoms with van der Waals surface area (Å²) in [4.78, 5) is 14.6. The third-order valence-corrected chi connectivity index (χ3v) is 4.55. The molecule has 1 unspecified atom stereocenters. The molecule has 2 aliphatic heterocycles. The molecule has 8 heteroatoms. The first-order chi connectivity index (χ1) is 12.7. The zero-order valence-electron chi connectivity index (χ0n) is 16.0. The maximum atomic E-state index is 13.9. The zero-order chi connectivity index (χ0) is 20.1. The van der Waals surface area contributed by atoms with Crippen molar-refractivity contribution in [3.63, 3.8) is 0 Å². The lowest BCUT2D eigenvalue weighted by Gasteiger charge is -2.36. The highest BCUT2D eigenvalue weighted by atomic mass is 19.4. The highest BCUT2D eigenvalue weighted by Gasteiger charge is 2.61. The number of rotatable bonds is 5. The van der Waals surface area contributed by atoms with Gasteiger partial charge in [-0.1, -0.05) is 17.7 Å². The number of nitrogens with zero attached hydrogens (tertiary/aromatic N) is 1. The van der Waals surface area contributed by atoms with Crippen LogP contribution in [0, 0.1) is 0 Å². The van der Waals surface area contributed by atoms with Crippen LogP contribution >= 0.6 is 0 Å². The molecule has 152 valence electrons. The second-order valence-corrected chi connectivity index (χ2v) is 6.87. The second-order valence-electron chi connectivity index (χ2n) is 6.87. The Morgan fingerprint density at radius 3 is 2.56 bits per heavy atom. The number of allylic oxidation sites excluding steroid dienone is 3. The van der Waals surface area contributed by atoms with Crippen LogP contribution in [0.25, 0.3) is 0 Å². The van der Waals surface area contributed by atoms with Crippen molar-refractivity contribution in [2.75, 3.05) is 46.0 Å². The predicted molar refractivity (Wildman–Crippen MR) is 96.3 cm³/mol. The number of hydrogen-bond donors (Lipinski definition) is 1. The van der Waals surface area contributed by atoms with Crippen LogP contribution in [0.3, 0.4) is 0 Å². The van der Waals surface area contributed by atoms with Crippen LogP contribution in [0.4, 0.5) is 13.2 Å². The number of ether oxygens (including phenoxy) is 2. The maximum Gasteiger partial charge on any atom is 0.430 e. The van der Waals surface area contributed by atoms with Crippen molar-refractivity contribution in [3.05, 3.63) is 34.9 Å². The molecular formula is C19H27F3N2O3. The second kappa shape index (κ2) is 9.03. The first-order valence-electron chi connectivity index (χ1n) is 9.02. The summed E-state index contributed by atoms with van der Waals surface area (Å²) in [5.41, 5.74) is -1.15. The summed E-state index contributed by atoms with van der Waals surface area (Å²) >= 11 is 0. The molecule has 0 spiro atoms. The van der Waals surface area contributed by atoms with Crippen LogP contribution in [0.2, 0.25) is 0 Å². The molecular weight excluding hydrogens is 361 g/mol. The van der Waals surface area contributed by atoms with E-state index in [1.54, 1.807) is 32.9 Å². The van der Waals surface area contributed by atoms with Gasteiger partial charge in [0.05, 0.1) is 19.8 Å². The molecule has 2 aliphatic rings. The van der Waals surface area contributed by atoms with Gasteiger partial charge in [0.25, 0.3) is 11.5 Å².